The molecule has 0 amide bonds. The lowest BCUT2D eigenvalue weighted by atomic mass is 9.97. The molecule has 0 saturated carbocycles. The summed E-state index contributed by atoms with van der Waals surface area (Å²) in [5, 5.41) is 22.8. The first-order valence-electron chi connectivity index (χ1n) is 5.68. The number of hydrogen-bond donors (Lipinski definition) is 3. The van der Waals surface area contributed by atoms with E-state index in [1.165, 1.54) is 18.7 Å². The Kier molecular flexibility index (Phi) is 3.92. The van der Waals surface area contributed by atoms with Crippen LogP contribution >= 0.6 is 11.8 Å². The molecule has 5 nitrogen and oxygen atoms in total. The van der Waals surface area contributed by atoms with Gasteiger partial charge in [0.05, 0.1) is 6.10 Å². The number of amidine groups is 1. The van der Waals surface area contributed by atoms with E-state index in [0.717, 1.165) is 0 Å². The molecule has 7 heteroatoms. The summed E-state index contributed by atoms with van der Waals surface area (Å²) in [7, 11) is 0. The third-order valence-corrected chi connectivity index (χ3v) is 3.95. The fraction of sp³-hybridized carbons (Fsp3) is 0.900. The van der Waals surface area contributed by atoms with Crippen LogP contribution in [0, 0.1) is 0 Å². The predicted molar refractivity (Wildman–Crippen MR) is 63.7 cm³/mol. The molecule has 0 radical (unpaired) electrons. The highest BCUT2D eigenvalue weighted by molar-refractivity contribution is 8.14. The second kappa shape index (κ2) is 5.09. The molecule has 0 aromatic heterocycles. The van der Waals surface area contributed by atoms with Crippen LogP contribution < -0.4 is 5.32 Å². The van der Waals surface area contributed by atoms with Crippen LogP contribution in [0.1, 0.15) is 13.8 Å². The minimum atomic E-state index is -1.50. The fourth-order valence-electron chi connectivity index (χ4n) is 1.99. The van der Waals surface area contributed by atoms with Crippen LogP contribution in [0.3, 0.4) is 0 Å². The van der Waals surface area contributed by atoms with Gasteiger partial charge in [-0.15, -0.1) is 0 Å². The molecular formula is C10H17FN2O3S. The summed E-state index contributed by atoms with van der Waals surface area (Å²) in [6, 6.07) is -0.695. The van der Waals surface area contributed by atoms with E-state index in [9.17, 15) is 14.6 Å². The third kappa shape index (κ3) is 2.42. The second-order valence-electron chi connectivity index (χ2n) is 4.22. The maximum absolute atomic E-state index is 14.0. The molecule has 0 aromatic rings. The highest BCUT2D eigenvalue weighted by Crippen LogP contribution is 2.37. The normalized spacial score (nSPS) is 42.9. The van der Waals surface area contributed by atoms with Gasteiger partial charge in [-0.3, -0.25) is 4.99 Å². The summed E-state index contributed by atoms with van der Waals surface area (Å²) in [5.74, 6) is 0. The Morgan fingerprint density at radius 2 is 2.35 bits per heavy atom. The zero-order chi connectivity index (χ0) is 12.6. The number of aliphatic hydroxyl groups is 2. The van der Waals surface area contributed by atoms with Gasteiger partial charge >= 0.3 is 0 Å². The highest BCUT2D eigenvalue weighted by atomic mass is 32.2. The molecule has 3 N–H and O–H groups in total. The minimum absolute atomic E-state index is 0.470. The smallest absolute Gasteiger partial charge is 0.159 e. The molecule has 2 heterocycles. The predicted octanol–water partition coefficient (Wildman–Crippen LogP) is -0.128. The van der Waals surface area contributed by atoms with E-state index in [1.807, 2.05) is 6.92 Å². The summed E-state index contributed by atoms with van der Waals surface area (Å²) in [4.78, 5) is 4.15. The monoisotopic (exact) mass is 264 g/mol. The summed E-state index contributed by atoms with van der Waals surface area (Å²) in [6.07, 6.45) is -4.64. The van der Waals surface area contributed by atoms with Crippen LogP contribution in [0.15, 0.2) is 4.99 Å². The van der Waals surface area contributed by atoms with Gasteiger partial charge in [0, 0.05) is 6.54 Å². The van der Waals surface area contributed by atoms with Gasteiger partial charge in [-0.05, 0) is 13.8 Å². The summed E-state index contributed by atoms with van der Waals surface area (Å²) in [6.45, 7) is 4.10. The van der Waals surface area contributed by atoms with E-state index < -0.39 is 36.0 Å². The number of nitrogens with one attached hydrogen (secondary N) is 1. The van der Waals surface area contributed by atoms with E-state index in [2.05, 4.69) is 10.3 Å². The van der Waals surface area contributed by atoms with Gasteiger partial charge < -0.3 is 20.3 Å². The molecule has 1 fully saturated rings. The summed E-state index contributed by atoms with van der Waals surface area (Å²) < 4.78 is 19.5. The summed E-state index contributed by atoms with van der Waals surface area (Å²) >= 11 is 1.30. The number of ether oxygens (including phenoxy) is 1. The lowest BCUT2D eigenvalue weighted by molar-refractivity contribution is -0.165. The quantitative estimate of drug-likeness (QED) is 0.648. The maximum Gasteiger partial charge on any atom is 0.159 e. The van der Waals surface area contributed by atoms with Gasteiger partial charge in [0.25, 0.3) is 0 Å². The standard InChI is InChI=1S/C10H17FN2O3S/c1-3-12-10-13-6-5(11)7(15)8(4(2)14)16-9(6)17-10/h4-9,14-15H,3H2,1-2H3,(H,12,13)/t4-,5-,6-,7+,8-,9-/m1/s1. The van der Waals surface area contributed by atoms with E-state index in [0.29, 0.717) is 11.7 Å². The topological polar surface area (TPSA) is 74.1 Å². The van der Waals surface area contributed by atoms with Crippen molar-refractivity contribution in [3.8, 4) is 0 Å². The number of thioether (sulfide) groups is 1. The van der Waals surface area contributed by atoms with Crippen molar-refractivity contribution >= 4 is 16.9 Å². The first-order chi connectivity index (χ1) is 8.04. The van der Waals surface area contributed by atoms with Crippen molar-refractivity contribution in [2.75, 3.05) is 6.54 Å². The number of rotatable bonds is 2. The number of halogens is 1. The van der Waals surface area contributed by atoms with Crippen molar-refractivity contribution in [3.05, 3.63) is 0 Å². The first kappa shape index (κ1) is 13.1. The Hall–Kier alpha value is -0.370. The van der Waals surface area contributed by atoms with Gasteiger partial charge in [-0.1, -0.05) is 11.8 Å². The number of alkyl halides is 1. The molecule has 0 aromatic carbocycles. The van der Waals surface area contributed by atoms with Crippen molar-refractivity contribution in [2.45, 2.75) is 49.8 Å². The van der Waals surface area contributed by atoms with Gasteiger partial charge in [0.2, 0.25) is 0 Å². The average molecular weight is 264 g/mol. The number of aliphatic imine (C=N–C) groups is 1. The maximum atomic E-state index is 14.0. The Bertz CT molecular complexity index is 316. The fourth-order valence-corrected chi connectivity index (χ4v) is 3.16. The number of aliphatic hydroxyl groups excluding tert-OH is 2. The first-order valence-corrected chi connectivity index (χ1v) is 6.56. The highest BCUT2D eigenvalue weighted by Gasteiger charge is 2.50. The Balaban J connectivity index is 2.10. The van der Waals surface area contributed by atoms with Gasteiger partial charge in [0.1, 0.15) is 23.7 Å². The number of fused-ring (bicyclic) bond motifs is 1. The molecule has 2 aliphatic rings. The Morgan fingerprint density at radius 3 is 2.94 bits per heavy atom. The van der Waals surface area contributed by atoms with Crippen molar-refractivity contribution in [1.82, 2.24) is 5.32 Å². The Labute approximate surface area is 103 Å². The second-order valence-corrected chi connectivity index (χ2v) is 5.30. The lowest BCUT2D eigenvalue weighted by Gasteiger charge is -2.38. The average Bonchev–Trinajstić information content (AvgIpc) is 2.66. The van der Waals surface area contributed by atoms with E-state index in [-0.39, 0.29) is 0 Å². The van der Waals surface area contributed by atoms with Gasteiger partial charge in [-0.25, -0.2) is 4.39 Å². The van der Waals surface area contributed by atoms with E-state index in [1.54, 1.807) is 0 Å². The van der Waals surface area contributed by atoms with Crippen LogP contribution in [0.5, 0.6) is 0 Å². The van der Waals surface area contributed by atoms with Gasteiger partial charge in [0.15, 0.2) is 11.3 Å². The summed E-state index contributed by atoms with van der Waals surface area (Å²) in [5.41, 5.74) is -0.470. The van der Waals surface area contributed by atoms with Crippen molar-refractivity contribution in [1.29, 1.82) is 0 Å². The van der Waals surface area contributed by atoms with Crippen molar-refractivity contribution < 1.29 is 19.3 Å². The SMILES string of the molecule is CCNC1=N[C@@H]2[C@@H](F)[C@H](O)[C@@H]([C@@H](C)O)O[C@@H]2S1. The molecule has 0 spiro atoms. The minimum Gasteiger partial charge on any atom is -0.391 e. The van der Waals surface area contributed by atoms with E-state index >= 15 is 0 Å². The van der Waals surface area contributed by atoms with Crippen LogP contribution in [-0.2, 0) is 4.74 Å². The molecule has 2 aliphatic heterocycles. The Morgan fingerprint density at radius 1 is 1.65 bits per heavy atom. The zero-order valence-corrected chi connectivity index (χ0v) is 10.5. The molecule has 1 saturated heterocycles. The lowest BCUT2D eigenvalue weighted by Crippen LogP contribution is -2.56. The van der Waals surface area contributed by atoms with E-state index in [4.69, 9.17) is 4.74 Å². The van der Waals surface area contributed by atoms with Gasteiger partial charge in [-0.2, -0.15) is 0 Å². The molecule has 0 bridgehead atoms. The molecular weight excluding hydrogens is 247 g/mol. The molecule has 17 heavy (non-hydrogen) atoms. The number of hydrogen-bond acceptors (Lipinski definition) is 6. The van der Waals surface area contributed by atoms with Crippen LogP contribution in [0.2, 0.25) is 0 Å². The van der Waals surface area contributed by atoms with Crippen LogP contribution in [0.4, 0.5) is 4.39 Å². The van der Waals surface area contributed by atoms with Crippen LogP contribution in [-0.4, -0.2) is 57.9 Å². The van der Waals surface area contributed by atoms with Crippen molar-refractivity contribution in [2.24, 2.45) is 4.99 Å². The molecule has 0 aliphatic carbocycles. The largest absolute Gasteiger partial charge is 0.391 e. The van der Waals surface area contributed by atoms with Crippen LogP contribution in [0.25, 0.3) is 0 Å². The molecule has 2 rings (SSSR count). The molecule has 98 valence electrons. The van der Waals surface area contributed by atoms with Crippen molar-refractivity contribution in [3.63, 3.8) is 0 Å². The number of nitrogens with zero attached hydrogens (tertiary/aromatic N) is 1. The third-order valence-electron chi connectivity index (χ3n) is 2.86. The molecule has 6 atom stereocenters. The zero-order valence-electron chi connectivity index (χ0n) is 9.71. The molecule has 0 unspecified atom stereocenters.